The molecule has 1 amide bonds. The Labute approximate surface area is 84.2 Å². The van der Waals surface area contributed by atoms with Crippen molar-refractivity contribution < 1.29 is 13.2 Å². The van der Waals surface area contributed by atoms with E-state index in [2.05, 4.69) is 10.6 Å². The minimum absolute atomic E-state index is 0.0385. The average molecular weight is 220 g/mol. The Hall–Kier alpha value is -0.620. The lowest BCUT2D eigenvalue weighted by molar-refractivity contribution is -0.120. The number of nitrogens with one attached hydrogen (secondary N) is 2. The van der Waals surface area contributed by atoms with Crippen molar-refractivity contribution in [2.75, 3.05) is 31.6 Å². The topological polar surface area (TPSA) is 75.3 Å². The molecule has 0 unspecified atom stereocenters. The first-order valence-electron chi connectivity index (χ1n) is 4.65. The van der Waals surface area contributed by atoms with E-state index in [1.165, 1.54) is 7.05 Å². The summed E-state index contributed by atoms with van der Waals surface area (Å²) in [5.74, 6) is 0.185. The molecule has 0 aliphatic carbocycles. The number of rotatable bonds is 5. The Morgan fingerprint density at radius 3 is 2.57 bits per heavy atom. The van der Waals surface area contributed by atoms with E-state index in [1.54, 1.807) is 0 Å². The van der Waals surface area contributed by atoms with Crippen LogP contribution in [0.15, 0.2) is 0 Å². The van der Waals surface area contributed by atoms with Gasteiger partial charge in [0.1, 0.15) is 0 Å². The zero-order valence-electron chi connectivity index (χ0n) is 8.25. The highest BCUT2D eigenvalue weighted by Gasteiger charge is 2.24. The monoisotopic (exact) mass is 220 g/mol. The van der Waals surface area contributed by atoms with Gasteiger partial charge in [0, 0.05) is 26.6 Å². The molecule has 1 rings (SSSR count). The summed E-state index contributed by atoms with van der Waals surface area (Å²) >= 11 is 0. The number of carbonyl (C=O) groups excluding carboxylic acids is 1. The molecule has 0 spiro atoms. The predicted octanol–water partition coefficient (Wildman–Crippen LogP) is -1.24. The van der Waals surface area contributed by atoms with Crippen LogP contribution >= 0.6 is 0 Å². The first-order chi connectivity index (χ1) is 6.53. The SMILES string of the molecule is CNC(=O)CCS(=O)(=O)CC1CNC1. The molecule has 1 saturated heterocycles. The lowest BCUT2D eigenvalue weighted by Gasteiger charge is -2.26. The Kier molecular flexibility index (Phi) is 3.88. The van der Waals surface area contributed by atoms with Gasteiger partial charge in [0.05, 0.1) is 11.5 Å². The molecule has 6 heteroatoms. The smallest absolute Gasteiger partial charge is 0.220 e. The number of sulfone groups is 1. The first-order valence-corrected chi connectivity index (χ1v) is 6.47. The van der Waals surface area contributed by atoms with Gasteiger partial charge in [-0.1, -0.05) is 0 Å². The molecule has 0 saturated carbocycles. The molecule has 2 N–H and O–H groups in total. The van der Waals surface area contributed by atoms with Crippen LogP contribution < -0.4 is 10.6 Å². The van der Waals surface area contributed by atoms with E-state index in [4.69, 9.17) is 0 Å². The number of hydrogen-bond donors (Lipinski definition) is 2. The summed E-state index contributed by atoms with van der Waals surface area (Å²) in [6.45, 7) is 1.55. The molecule has 1 heterocycles. The van der Waals surface area contributed by atoms with Crippen LogP contribution in [0.4, 0.5) is 0 Å². The second kappa shape index (κ2) is 4.75. The van der Waals surface area contributed by atoms with Crippen molar-refractivity contribution in [1.29, 1.82) is 0 Å². The van der Waals surface area contributed by atoms with Crippen LogP contribution in [0.3, 0.4) is 0 Å². The summed E-state index contributed by atoms with van der Waals surface area (Å²) in [6, 6.07) is 0. The predicted molar refractivity (Wildman–Crippen MR) is 53.7 cm³/mol. The second-order valence-electron chi connectivity index (χ2n) is 3.56. The minimum atomic E-state index is -3.05. The van der Waals surface area contributed by atoms with Gasteiger partial charge in [-0.3, -0.25) is 4.79 Å². The molecule has 0 aromatic heterocycles. The van der Waals surface area contributed by atoms with Crippen LogP contribution in [0.2, 0.25) is 0 Å². The summed E-state index contributed by atoms with van der Waals surface area (Å²) in [7, 11) is -1.54. The van der Waals surface area contributed by atoms with Gasteiger partial charge in [0.2, 0.25) is 5.91 Å². The van der Waals surface area contributed by atoms with Crippen molar-refractivity contribution in [3.63, 3.8) is 0 Å². The molecule has 0 bridgehead atoms. The fourth-order valence-electron chi connectivity index (χ4n) is 1.28. The van der Waals surface area contributed by atoms with Crippen LogP contribution in [0.5, 0.6) is 0 Å². The second-order valence-corrected chi connectivity index (χ2v) is 5.79. The molecule has 5 nitrogen and oxygen atoms in total. The molecular formula is C8H16N2O3S. The quantitative estimate of drug-likeness (QED) is 0.607. The maximum Gasteiger partial charge on any atom is 0.220 e. The van der Waals surface area contributed by atoms with Gasteiger partial charge in [-0.25, -0.2) is 8.42 Å². The molecule has 14 heavy (non-hydrogen) atoms. The maximum absolute atomic E-state index is 11.4. The number of carbonyl (C=O) groups is 1. The summed E-state index contributed by atoms with van der Waals surface area (Å²) in [6.07, 6.45) is 0.0684. The third kappa shape index (κ3) is 3.63. The standard InChI is InChI=1S/C8H16N2O3S/c1-9-8(11)2-3-14(12,13)6-7-4-10-5-7/h7,10H,2-6H2,1H3,(H,9,11). The Balaban J connectivity index is 2.29. The third-order valence-electron chi connectivity index (χ3n) is 2.27. The van der Waals surface area contributed by atoms with Crippen LogP contribution in [-0.2, 0) is 14.6 Å². The summed E-state index contributed by atoms with van der Waals surface area (Å²) in [4.78, 5) is 10.8. The van der Waals surface area contributed by atoms with E-state index >= 15 is 0 Å². The Bertz CT molecular complexity index is 296. The van der Waals surface area contributed by atoms with Crippen molar-refractivity contribution in [3.05, 3.63) is 0 Å². The molecule has 0 atom stereocenters. The average Bonchev–Trinajstić information content (AvgIpc) is 2.08. The molecule has 82 valence electrons. The van der Waals surface area contributed by atoms with E-state index < -0.39 is 9.84 Å². The van der Waals surface area contributed by atoms with Gasteiger partial charge in [0.15, 0.2) is 9.84 Å². The fourth-order valence-corrected chi connectivity index (χ4v) is 2.90. The highest BCUT2D eigenvalue weighted by Crippen LogP contribution is 2.08. The van der Waals surface area contributed by atoms with Crippen molar-refractivity contribution in [2.24, 2.45) is 5.92 Å². The molecule has 0 aromatic rings. The van der Waals surface area contributed by atoms with E-state index in [0.717, 1.165) is 13.1 Å². The van der Waals surface area contributed by atoms with Crippen molar-refractivity contribution in [2.45, 2.75) is 6.42 Å². The van der Waals surface area contributed by atoms with Crippen molar-refractivity contribution >= 4 is 15.7 Å². The van der Waals surface area contributed by atoms with E-state index in [0.29, 0.717) is 0 Å². The van der Waals surface area contributed by atoms with Crippen LogP contribution in [0.25, 0.3) is 0 Å². The van der Waals surface area contributed by atoms with E-state index in [-0.39, 0.29) is 29.8 Å². The Morgan fingerprint density at radius 1 is 1.50 bits per heavy atom. The van der Waals surface area contributed by atoms with E-state index in [1.807, 2.05) is 0 Å². The largest absolute Gasteiger partial charge is 0.359 e. The maximum atomic E-state index is 11.4. The minimum Gasteiger partial charge on any atom is -0.359 e. The molecule has 1 fully saturated rings. The zero-order chi connectivity index (χ0) is 10.6. The number of amides is 1. The van der Waals surface area contributed by atoms with Crippen LogP contribution in [-0.4, -0.2) is 46.0 Å². The number of hydrogen-bond acceptors (Lipinski definition) is 4. The van der Waals surface area contributed by atoms with Crippen LogP contribution in [0.1, 0.15) is 6.42 Å². The highest BCUT2D eigenvalue weighted by molar-refractivity contribution is 7.91. The van der Waals surface area contributed by atoms with Gasteiger partial charge in [0.25, 0.3) is 0 Å². The van der Waals surface area contributed by atoms with Gasteiger partial charge in [-0.2, -0.15) is 0 Å². The van der Waals surface area contributed by atoms with Crippen molar-refractivity contribution in [3.8, 4) is 0 Å². The van der Waals surface area contributed by atoms with E-state index in [9.17, 15) is 13.2 Å². The van der Waals surface area contributed by atoms with Crippen molar-refractivity contribution in [1.82, 2.24) is 10.6 Å². The fraction of sp³-hybridized carbons (Fsp3) is 0.875. The lowest BCUT2D eigenvalue weighted by Crippen LogP contribution is -2.46. The molecular weight excluding hydrogens is 204 g/mol. The molecule has 1 aliphatic heterocycles. The van der Waals surface area contributed by atoms with Gasteiger partial charge >= 0.3 is 0 Å². The normalized spacial score (nSPS) is 17.5. The summed E-state index contributed by atoms with van der Waals surface area (Å²) < 4.78 is 22.9. The summed E-state index contributed by atoms with van der Waals surface area (Å²) in [5, 5.41) is 5.42. The Morgan fingerprint density at radius 2 is 2.14 bits per heavy atom. The van der Waals surface area contributed by atoms with Crippen LogP contribution in [0, 0.1) is 5.92 Å². The highest BCUT2D eigenvalue weighted by atomic mass is 32.2. The summed E-state index contributed by atoms with van der Waals surface area (Å²) in [5.41, 5.74) is 0. The third-order valence-corrected chi connectivity index (χ3v) is 4.08. The zero-order valence-corrected chi connectivity index (χ0v) is 9.06. The molecule has 0 aromatic carbocycles. The lowest BCUT2D eigenvalue weighted by atomic mass is 10.1. The molecule has 1 aliphatic rings. The van der Waals surface area contributed by atoms with Gasteiger partial charge in [-0.05, 0) is 5.92 Å². The van der Waals surface area contributed by atoms with Gasteiger partial charge in [-0.15, -0.1) is 0 Å². The van der Waals surface area contributed by atoms with Gasteiger partial charge < -0.3 is 10.6 Å². The molecule has 0 radical (unpaired) electrons. The first kappa shape index (κ1) is 11.5.